The zero-order valence-electron chi connectivity index (χ0n) is 13.9. The Labute approximate surface area is 140 Å². The molecule has 128 valence electrons. The molecule has 1 spiro atoms. The van der Waals surface area contributed by atoms with E-state index in [1.165, 1.54) is 11.3 Å². The van der Waals surface area contributed by atoms with E-state index in [9.17, 15) is 4.79 Å². The lowest BCUT2D eigenvalue weighted by Gasteiger charge is -2.34. The molecule has 2 aliphatic rings. The average molecular weight is 340 g/mol. The van der Waals surface area contributed by atoms with Crippen LogP contribution in [0.3, 0.4) is 0 Å². The Balaban J connectivity index is 1.54. The highest BCUT2D eigenvalue weighted by Crippen LogP contribution is 2.43. The number of hydrogen-bond acceptors (Lipinski definition) is 6. The van der Waals surface area contributed by atoms with E-state index in [4.69, 9.17) is 14.2 Å². The van der Waals surface area contributed by atoms with Gasteiger partial charge in [0.1, 0.15) is 10.6 Å². The third kappa shape index (κ3) is 4.22. The molecule has 0 atom stereocenters. The number of aromatic nitrogens is 1. The molecule has 0 radical (unpaired) electrons. The predicted octanol–water partition coefficient (Wildman–Crippen LogP) is 3.89. The van der Waals surface area contributed by atoms with Gasteiger partial charge in [-0.2, -0.15) is 0 Å². The second-order valence-corrected chi connectivity index (χ2v) is 8.13. The van der Waals surface area contributed by atoms with E-state index in [0.717, 1.165) is 35.7 Å². The molecule has 2 fully saturated rings. The van der Waals surface area contributed by atoms with E-state index in [0.29, 0.717) is 19.1 Å². The number of hydrogen-bond donors (Lipinski definition) is 1. The van der Waals surface area contributed by atoms with Gasteiger partial charge in [0.2, 0.25) is 0 Å². The second-order valence-electron chi connectivity index (χ2n) is 7.07. The predicted molar refractivity (Wildman–Crippen MR) is 87.8 cm³/mol. The molecule has 1 N–H and O–H groups in total. The molecule has 1 amide bonds. The number of carbonyl (C=O) groups is 1. The minimum absolute atomic E-state index is 0.342. The summed E-state index contributed by atoms with van der Waals surface area (Å²) in [6, 6.07) is 0. The molecule has 1 saturated heterocycles. The first-order valence-electron chi connectivity index (χ1n) is 8.09. The van der Waals surface area contributed by atoms with Crippen LogP contribution in [-0.4, -0.2) is 35.7 Å². The molecule has 0 unspecified atom stereocenters. The maximum Gasteiger partial charge on any atom is 0.412 e. The minimum atomic E-state index is -0.503. The Hall–Kier alpha value is -1.18. The van der Waals surface area contributed by atoms with Gasteiger partial charge in [-0.1, -0.05) is 0 Å². The van der Waals surface area contributed by atoms with Gasteiger partial charge >= 0.3 is 6.09 Å². The zero-order valence-corrected chi connectivity index (χ0v) is 14.7. The molecule has 2 heterocycles. The highest BCUT2D eigenvalue weighted by Gasteiger charge is 2.41. The fourth-order valence-corrected chi connectivity index (χ4v) is 4.00. The molecular formula is C16H24N2O4S. The van der Waals surface area contributed by atoms with Gasteiger partial charge in [0.25, 0.3) is 0 Å². The van der Waals surface area contributed by atoms with Crippen LogP contribution in [-0.2, 0) is 14.2 Å². The minimum Gasteiger partial charge on any atom is -0.444 e. The summed E-state index contributed by atoms with van der Waals surface area (Å²) in [5.74, 6) is 0.0679. The van der Waals surface area contributed by atoms with Gasteiger partial charge in [-0.25, -0.2) is 9.78 Å². The van der Waals surface area contributed by atoms with Gasteiger partial charge in [-0.15, -0.1) is 11.3 Å². The van der Waals surface area contributed by atoms with Crippen LogP contribution < -0.4 is 5.32 Å². The van der Waals surface area contributed by atoms with Crippen LogP contribution in [0.25, 0.3) is 0 Å². The first kappa shape index (κ1) is 16.7. The molecule has 7 heteroatoms. The Morgan fingerprint density at radius 1 is 1.35 bits per heavy atom. The van der Waals surface area contributed by atoms with E-state index in [1.807, 2.05) is 20.8 Å². The monoisotopic (exact) mass is 340 g/mol. The quantitative estimate of drug-likeness (QED) is 0.884. The molecule has 0 aromatic carbocycles. The lowest BCUT2D eigenvalue weighted by molar-refractivity contribution is -0.178. The van der Waals surface area contributed by atoms with Gasteiger partial charge in [-0.3, -0.25) is 5.32 Å². The van der Waals surface area contributed by atoms with Crippen molar-refractivity contribution in [1.29, 1.82) is 0 Å². The van der Waals surface area contributed by atoms with Crippen molar-refractivity contribution >= 4 is 22.4 Å². The molecule has 1 aromatic rings. The molecule has 23 heavy (non-hydrogen) atoms. The van der Waals surface area contributed by atoms with Crippen LogP contribution in [0, 0.1) is 0 Å². The van der Waals surface area contributed by atoms with Crippen molar-refractivity contribution in [2.24, 2.45) is 0 Å². The Bertz CT molecular complexity index is 551. The Morgan fingerprint density at radius 2 is 2.00 bits per heavy atom. The molecule has 1 aromatic heterocycles. The summed E-state index contributed by atoms with van der Waals surface area (Å²) >= 11 is 1.52. The van der Waals surface area contributed by atoms with Crippen molar-refractivity contribution in [1.82, 2.24) is 4.98 Å². The first-order chi connectivity index (χ1) is 10.9. The molecule has 0 bridgehead atoms. The molecule has 3 rings (SSSR count). The number of rotatable bonds is 2. The fourth-order valence-electron chi connectivity index (χ4n) is 3.03. The van der Waals surface area contributed by atoms with Gasteiger partial charge < -0.3 is 14.2 Å². The van der Waals surface area contributed by atoms with E-state index in [2.05, 4.69) is 10.3 Å². The molecular weight excluding hydrogens is 316 g/mol. The third-order valence-corrected chi connectivity index (χ3v) is 5.13. The fraction of sp³-hybridized carbons (Fsp3) is 0.750. The smallest absolute Gasteiger partial charge is 0.412 e. The maximum atomic E-state index is 11.8. The van der Waals surface area contributed by atoms with Gasteiger partial charge in [0.05, 0.1) is 24.4 Å². The van der Waals surface area contributed by atoms with Gasteiger partial charge in [-0.05, 0) is 33.6 Å². The second kappa shape index (κ2) is 6.37. The summed E-state index contributed by atoms with van der Waals surface area (Å²) in [6.45, 7) is 6.93. The average Bonchev–Trinajstić information content (AvgIpc) is 3.08. The normalized spacial score (nSPS) is 21.5. The SMILES string of the molecule is CC(C)(C)OC(=O)Nc1cnc(C2CCC3(CC2)OCCO3)s1. The topological polar surface area (TPSA) is 69.7 Å². The number of amides is 1. The van der Waals surface area contributed by atoms with Crippen molar-refractivity contribution in [3.8, 4) is 0 Å². The molecule has 1 saturated carbocycles. The van der Waals surface area contributed by atoms with Crippen LogP contribution in [0.5, 0.6) is 0 Å². The van der Waals surface area contributed by atoms with E-state index in [-0.39, 0.29) is 5.79 Å². The largest absolute Gasteiger partial charge is 0.444 e. The highest BCUT2D eigenvalue weighted by atomic mass is 32.1. The summed E-state index contributed by atoms with van der Waals surface area (Å²) in [6.07, 6.45) is 5.08. The summed E-state index contributed by atoms with van der Waals surface area (Å²) < 4.78 is 16.8. The number of carbonyl (C=O) groups excluding carboxylic acids is 1. The van der Waals surface area contributed by atoms with Crippen LogP contribution >= 0.6 is 11.3 Å². The zero-order chi connectivity index (χ0) is 16.5. The lowest BCUT2D eigenvalue weighted by Crippen LogP contribution is -2.34. The third-order valence-electron chi connectivity index (χ3n) is 4.06. The van der Waals surface area contributed by atoms with Crippen molar-refractivity contribution in [3.63, 3.8) is 0 Å². The summed E-state index contributed by atoms with van der Waals surface area (Å²) in [5.41, 5.74) is -0.503. The maximum absolute atomic E-state index is 11.8. The summed E-state index contributed by atoms with van der Waals surface area (Å²) in [4.78, 5) is 16.3. The van der Waals surface area contributed by atoms with Crippen LogP contribution in [0.15, 0.2) is 6.20 Å². The van der Waals surface area contributed by atoms with Crippen molar-refractivity contribution in [2.75, 3.05) is 18.5 Å². The van der Waals surface area contributed by atoms with Crippen LogP contribution in [0.1, 0.15) is 57.4 Å². The van der Waals surface area contributed by atoms with Crippen molar-refractivity contribution in [2.45, 2.75) is 63.8 Å². The van der Waals surface area contributed by atoms with E-state index in [1.54, 1.807) is 6.20 Å². The Morgan fingerprint density at radius 3 is 2.61 bits per heavy atom. The van der Waals surface area contributed by atoms with Gasteiger partial charge in [0.15, 0.2) is 5.79 Å². The van der Waals surface area contributed by atoms with Crippen LogP contribution in [0.2, 0.25) is 0 Å². The lowest BCUT2D eigenvalue weighted by atomic mass is 9.85. The van der Waals surface area contributed by atoms with Crippen LogP contribution in [0.4, 0.5) is 9.80 Å². The summed E-state index contributed by atoms with van der Waals surface area (Å²) in [7, 11) is 0. The van der Waals surface area contributed by atoms with Crippen molar-refractivity contribution < 1.29 is 19.0 Å². The van der Waals surface area contributed by atoms with E-state index < -0.39 is 11.7 Å². The number of ether oxygens (including phenoxy) is 3. The number of nitrogens with zero attached hydrogens (tertiary/aromatic N) is 1. The van der Waals surface area contributed by atoms with E-state index >= 15 is 0 Å². The Kier molecular flexibility index (Phi) is 4.62. The summed E-state index contributed by atoms with van der Waals surface area (Å²) in [5, 5.41) is 4.54. The van der Waals surface area contributed by atoms with Crippen molar-refractivity contribution in [3.05, 3.63) is 11.2 Å². The molecule has 1 aliphatic carbocycles. The van der Waals surface area contributed by atoms with Gasteiger partial charge in [0, 0.05) is 18.8 Å². The highest BCUT2D eigenvalue weighted by molar-refractivity contribution is 7.15. The molecule has 6 nitrogen and oxygen atoms in total. The standard InChI is InChI=1S/C16H24N2O4S/c1-15(2,3)22-14(19)18-12-10-17-13(23-12)11-4-6-16(7-5-11)20-8-9-21-16/h10-11H,4-9H2,1-3H3,(H,18,19). The first-order valence-corrected chi connectivity index (χ1v) is 8.91. The number of nitrogens with one attached hydrogen (secondary N) is 1. The number of anilines is 1. The molecule has 1 aliphatic heterocycles. The number of thiazole rings is 1.